The number of aromatic nitrogens is 1. The van der Waals surface area contributed by atoms with Crippen molar-refractivity contribution in [3.63, 3.8) is 0 Å². The molecule has 0 radical (unpaired) electrons. The Bertz CT molecular complexity index is 675. The lowest BCUT2D eigenvalue weighted by molar-refractivity contribution is 0.0983. The maximum Gasteiger partial charge on any atom is 0.180 e. The molecule has 5 heteroatoms. The number of nitrogens with zero attached hydrogens (tertiary/aromatic N) is 2. The molecule has 0 fully saturated rings. The van der Waals surface area contributed by atoms with Crippen LogP contribution < -0.4 is 4.74 Å². The van der Waals surface area contributed by atoms with Crippen LogP contribution in [-0.4, -0.2) is 10.8 Å². The highest BCUT2D eigenvalue weighted by molar-refractivity contribution is 5.93. The number of halogens is 1. The van der Waals surface area contributed by atoms with Gasteiger partial charge < -0.3 is 4.74 Å². The zero-order chi connectivity index (χ0) is 14.5. The van der Waals surface area contributed by atoms with E-state index in [0.717, 1.165) is 6.07 Å². The summed E-state index contributed by atoms with van der Waals surface area (Å²) in [6.07, 6.45) is 1.73. The van der Waals surface area contributed by atoms with E-state index in [1.807, 2.05) is 6.07 Å². The van der Waals surface area contributed by atoms with Crippen molar-refractivity contribution >= 4 is 5.78 Å². The number of nitriles is 1. The molecule has 1 heterocycles. The Balaban J connectivity index is 2.18. The van der Waals surface area contributed by atoms with Crippen molar-refractivity contribution in [1.29, 1.82) is 5.26 Å². The summed E-state index contributed by atoms with van der Waals surface area (Å²) in [4.78, 5) is 15.4. The Morgan fingerprint density at radius 2 is 2.20 bits per heavy atom. The van der Waals surface area contributed by atoms with Crippen LogP contribution in [0.25, 0.3) is 0 Å². The SMILES string of the molecule is CCC(=O)c1ccc(Oc2ccc(C#N)cc2F)cn1. The molecular weight excluding hydrogens is 259 g/mol. The summed E-state index contributed by atoms with van der Waals surface area (Å²) in [5.74, 6) is -0.375. The number of Topliss-reactive ketones (excluding diaryl/α,β-unsaturated/α-hetero) is 1. The van der Waals surface area contributed by atoms with Gasteiger partial charge in [-0.3, -0.25) is 4.79 Å². The van der Waals surface area contributed by atoms with Crippen LogP contribution in [0.2, 0.25) is 0 Å². The van der Waals surface area contributed by atoms with E-state index in [4.69, 9.17) is 10.00 Å². The van der Waals surface area contributed by atoms with Crippen molar-refractivity contribution in [2.75, 3.05) is 0 Å². The summed E-state index contributed by atoms with van der Waals surface area (Å²) in [6.45, 7) is 1.75. The largest absolute Gasteiger partial charge is 0.453 e. The first-order chi connectivity index (χ1) is 9.63. The molecule has 4 nitrogen and oxygen atoms in total. The van der Waals surface area contributed by atoms with Crippen molar-refractivity contribution in [2.24, 2.45) is 0 Å². The zero-order valence-electron chi connectivity index (χ0n) is 10.8. The highest BCUT2D eigenvalue weighted by Gasteiger charge is 2.08. The van der Waals surface area contributed by atoms with Crippen LogP contribution in [0.5, 0.6) is 11.5 Å². The van der Waals surface area contributed by atoms with E-state index in [2.05, 4.69) is 4.98 Å². The highest BCUT2D eigenvalue weighted by Crippen LogP contribution is 2.24. The quantitative estimate of drug-likeness (QED) is 0.798. The average molecular weight is 270 g/mol. The van der Waals surface area contributed by atoms with Gasteiger partial charge in [-0.25, -0.2) is 9.37 Å². The molecule has 0 aliphatic carbocycles. The number of hydrogen-bond donors (Lipinski definition) is 0. The van der Waals surface area contributed by atoms with Gasteiger partial charge in [0.05, 0.1) is 17.8 Å². The van der Waals surface area contributed by atoms with Crippen LogP contribution >= 0.6 is 0 Å². The first-order valence-electron chi connectivity index (χ1n) is 6.00. The van der Waals surface area contributed by atoms with Crippen molar-refractivity contribution in [3.05, 3.63) is 53.6 Å². The maximum absolute atomic E-state index is 13.6. The first kappa shape index (κ1) is 13.7. The lowest BCUT2D eigenvalue weighted by atomic mass is 10.2. The molecule has 2 aromatic rings. The standard InChI is InChI=1S/C15H11FN2O2/c1-2-14(19)13-5-4-11(9-18-13)20-15-6-3-10(8-17)7-12(15)16/h3-7,9H,2H2,1H3. The van der Waals surface area contributed by atoms with Crippen LogP contribution in [0.15, 0.2) is 36.5 Å². The molecule has 100 valence electrons. The van der Waals surface area contributed by atoms with E-state index < -0.39 is 5.82 Å². The second kappa shape index (κ2) is 5.93. The van der Waals surface area contributed by atoms with Crippen LogP contribution in [0.1, 0.15) is 29.4 Å². The lowest BCUT2D eigenvalue weighted by Gasteiger charge is -2.07. The minimum absolute atomic E-state index is 0.000341. The van der Waals surface area contributed by atoms with Gasteiger partial charge in [0, 0.05) is 6.42 Å². The van der Waals surface area contributed by atoms with E-state index in [1.54, 1.807) is 13.0 Å². The first-order valence-corrected chi connectivity index (χ1v) is 6.00. The number of carbonyl (C=O) groups excluding carboxylic acids is 1. The third-order valence-electron chi connectivity index (χ3n) is 2.63. The Hall–Kier alpha value is -2.74. The fourth-order valence-electron chi connectivity index (χ4n) is 1.57. The number of benzene rings is 1. The average Bonchev–Trinajstić information content (AvgIpc) is 2.49. The van der Waals surface area contributed by atoms with Gasteiger partial charge in [0.1, 0.15) is 11.4 Å². The molecule has 0 saturated heterocycles. The number of carbonyl (C=O) groups is 1. The second-order valence-corrected chi connectivity index (χ2v) is 4.01. The third-order valence-corrected chi connectivity index (χ3v) is 2.63. The number of ether oxygens (including phenoxy) is 1. The minimum atomic E-state index is -0.627. The minimum Gasteiger partial charge on any atom is -0.453 e. The summed E-state index contributed by atoms with van der Waals surface area (Å²) in [5, 5.41) is 8.65. The molecular formula is C15H11FN2O2. The highest BCUT2D eigenvalue weighted by atomic mass is 19.1. The molecule has 0 N–H and O–H groups in total. The van der Waals surface area contributed by atoms with Gasteiger partial charge in [0.15, 0.2) is 17.3 Å². The molecule has 0 amide bonds. The van der Waals surface area contributed by atoms with Gasteiger partial charge in [-0.15, -0.1) is 0 Å². The molecule has 0 unspecified atom stereocenters. The fourth-order valence-corrected chi connectivity index (χ4v) is 1.57. The normalized spacial score (nSPS) is 9.85. The Morgan fingerprint density at radius 3 is 2.75 bits per heavy atom. The van der Waals surface area contributed by atoms with Crippen LogP contribution in [0, 0.1) is 17.1 Å². The Morgan fingerprint density at radius 1 is 1.40 bits per heavy atom. The van der Waals surface area contributed by atoms with Crippen molar-refractivity contribution in [2.45, 2.75) is 13.3 Å². The third kappa shape index (κ3) is 2.98. The smallest absolute Gasteiger partial charge is 0.180 e. The second-order valence-electron chi connectivity index (χ2n) is 4.01. The predicted molar refractivity (Wildman–Crippen MR) is 70.0 cm³/mol. The summed E-state index contributed by atoms with van der Waals surface area (Å²) in [7, 11) is 0. The molecule has 2 rings (SSSR count). The monoisotopic (exact) mass is 270 g/mol. The molecule has 0 aliphatic heterocycles. The molecule has 0 aliphatic rings. The lowest BCUT2D eigenvalue weighted by Crippen LogP contribution is -1.99. The van der Waals surface area contributed by atoms with E-state index in [1.165, 1.54) is 24.4 Å². The molecule has 1 aromatic heterocycles. The number of hydrogen-bond acceptors (Lipinski definition) is 4. The van der Waals surface area contributed by atoms with E-state index in [0.29, 0.717) is 17.9 Å². The van der Waals surface area contributed by atoms with Crippen molar-refractivity contribution < 1.29 is 13.9 Å². The summed E-state index contributed by atoms with van der Waals surface area (Å²) in [6, 6.07) is 8.85. The van der Waals surface area contributed by atoms with E-state index in [9.17, 15) is 9.18 Å². The van der Waals surface area contributed by atoms with E-state index in [-0.39, 0.29) is 17.1 Å². The molecule has 0 atom stereocenters. The number of ketones is 1. The van der Waals surface area contributed by atoms with Crippen LogP contribution in [0.4, 0.5) is 4.39 Å². The fraction of sp³-hybridized carbons (Fsp3) is 0.133. The summed E-state index contributed by atoms with van der Waals surface area (Å²) < 4.78 is 19.0. The van der Waals surface area contributed by atoms with E-state index >= 15 is 0 Å². The van der Waals surface area contributed by atoms with Gasteiger partial charge >= 0.3 is 0 Å². The Kier molecular flexibility index (Phi) is 4.06. The zero-order valence-corrected chi connectivity index (χ0v) is 10.8. The molecule has 20 heavy (non-hydrogen) atoms. The molecule has 0 spiro atoms. The van der Waals surface area contributed by atoms with Crippen molar-refractivity contribution in [3.8, 4) is 17.6 Å². The van der Waals surface area contributed by atoms with Gasteiger partial charge in [-0.05, 0) is 30.3 Å². The molecule has 0 saturated carbocycles. The number of pyridine rings is 1. The van der Waals surface area contributed by atoms with Gasteiger partial charge in [0.2, 0.25) is 0 Å². The summed E-state index contributed by atoms with van der Waals surface area (Å²) >= 11 is 0. The number of rotatable bonds is 4. The van der Waals surface area contributed by atoms with Crippen molar-refractivity contribution in [1.82, 2.24) is 4.98 Å². The van der Waals surface area contributed by atoms with Crippen LogP contribution in [-0.2, 0) is 0 Å². The van der Waals surface area contributed by atoms with Gasteiger partial charge in [0.25, 0.3) is 0 Å². The Labute approximate surface area is 115 Å². The maximum atomic E-state index is 13.6. The topological polar surface area (TPSA) is 63.0 Å². The van der Waals surface area contributed by atoms with Crippen LogP contribution in [0.3, 0.4) is 0 Å². The summed E-state index contributed by atoms with van der Waals surface area (Å²) in [5.41, 5.74) is 0.567. The molecule has 1 aromatic carbocycles. The van der Waals surface area contributed by atoms with Gasteiger partial charge in [-0.2, -0.15) is 5.26 Å². The van der Waals surface area contributed by atoms with Gasteiger partial charge in [-0.1, -0.05) is 6.92 Å². The predicted octanol–water partition coefficient (Wildman–Crippen LogP) is 3.48. The molecule has 0 bridgehead atoms.